The van der Waals surface area contributed by atoms with Crippen LogP contribution in [0.3, 0.4) is 0 Å². The van der Waals surface area contributed by atoms with E-state index in [0.29, 0.717) is 16.5 Å². The molecule has 9 heteroatoms. The van der Waals surface area contributed by atoms with Gasteiger partial charge in [-0.2, -0.15) is 0 Å². The second-order valence-corrected chi connectivity index (χ2v) is 7.04. The number of carbonyl (C=O) groups is 1. The van der Waals surface area contributed by atoms with Gasteiger partial charge in [0.2, 0.25) is 0 Å². The fourth-order valence-electron chi connectivity index (χ4n) is 2.75. The molecule has 0 fully saturated rings. The first kappa shape index (κ1) is 17.9. The van der Waals surface area contributed by atoms with Gasteiger partial charge in [-0.05, 0) is 18.6 Å². The smallest absolute Gasteiger partial charge is 0.276 e. The van der Waals surface area contributed by atoms with Crippen molar-refractivity contribution in [1.29, 1.82) is 0 Å². The molecular formula is C19H17N7OS. The van der Waals surface area contributed by atoms with Crippen LogP contribution in [0.1, 0.15) is 28.7 Å². The van der Waals surface area contributed by atoms with E-state index in [1.165, 1.54) is 23.9 Å². The Hall–Kier alpha value is -3.46. The van der Waals surface area contributed by atoms with E-state index >= 15 is 0 Å². The number of imidazole rings is 1. The molecule has 0 aromatic carbocycles. The van der Waals surface area contributed by atoms with E-state index in [9.17, 15) is 4.79 Å². The molecule has 0 aliphatic carbocycles. The van der Waals surface area contributed by atoms with Crippen LogP contribution >= 0.6 is 11.3 Å². The summed E-state index contributed by atoms with van der Waals surface area (Å²) in [5, 5.41) is 3.42. The molecule has 4 rings (SSSR count). The summed E-state index contributed by atoms with van der Waals surface area (Å²) in [6, 6.07) is 5.72. The van der Waals surface area contributed by atoms with Crippen LogP contribution in [-0.4, -0.2) is 35.4 Å². The van der Waals surface area contributed by atoms with Crippen LogP contribution in [0.15, 0.2) is 55.6 Å². The van der Waals surface area contributed by atoms with Gasteiger partial charge in [0, 0.05) is 11.1 Å². The van der Waals surface area contributed by atoms with Gasteiger partial charge < -0.3 is 0 Å². The number of hydrogen-bond acceptors (Lipinski definition) is 7. The number of aryl methyl sites for hydroxylation is 1. The van der Waals surface area contributed by atoms with E-state index in [1.807, 2.05) is 18.2 Å². The van der Waals surface area contributed by atoms with Crippen molar-refractivity contribution in [2.45, 2.75) is 19.8 Å². The van der Waals surface area contributed by atoms with Gasteiger partial charge in [-0.1, -0.05) is 19.4 Å². The molecule has 0 bridgehead atoms. The number of anilines is 1. The maximum absolute atomic E-state index is 12.8. The average Bonchev–Trinajstić information content (AvgIpc) is 3.37. The van der Waals surface area contributed by atoms with Crippen LogP contribution in [0.25, 0.3) is 17.1 Å². The summed E-state index contributed by atoms with van der Waals surface area (Å²) in [6.45, 7) is 2.11. The first-order valence-electron chi connectivity index (χ1n) is 8.76. The van der Waals surface area contributed by atoms with Gasteiger partial charge in [0.05, 0.1) is 36.3 Å². The van der Waals surface area contributed by atoms with Crippen molar-refractivity contribution in [1.82, 2.24) is 29.5 Å². The van der Waals surface area contributed by atoms with E-state index in [4.69, 9.17) is 0 Å². The molecule has 0 saturated carbocycles. The van der Waals surface area contributed by atoms with Crippen LogP contribution in [0.4, 0.5) is 5.13 Å². The third-order valence-corrected chi connectivity index (χ3v) is 5.03. The van der Waals surface area contributed by atoms with E-state index in [1.54, 1.807) is 29.5 Å². The lowest BCUT2D eigenvalue weighted by molar-refractivity contribution is 0.102. The lowest BCUT2D eigenvalue weighted by atomic mass is 10.2. The predicted molar refractivity (Wildman–Crippen MR) is 106 cm³/mol. The number of nitrogens with one attached hydrogen (secondary N) is 1. The molecule has 1 amide bonds. The molecule has 140 valence electrons. The molecule has 0 radical (unpaired) electrons. The Morgan fingerprint density at radius 1 is 1.18 bits per heavy atom. The van der Waals surface area contributed by atoms with Crippen LogP contribution in [-0.2, 0) is 6.42 Å². The molecule has 0 saturated heterocycles. The Balaban J connectivity index is 1.62. The number of pyridine rings is 1. The second kappa shape index (κ2) is 8.05. The van der Waals surface area contributed by atoms with Crippen molar-refractivity contribution in [2.75, 3.05) is 5.32 Å². The summed E-state index contributed by atoms with van der Waals surface area (Å²) in [5.41, 5.74) is 2.65. The Morgan fingerprint density at radius 2 is 2.04 bits per heavy atom. The zero-order valence-electron chi connectivity index (χ0n) is 15.1. The normalized spacial score (nSPS) is 10.8. The summed E-state index contributed by atoms with van der Waals surface area (Å²) < 4.78 is 1.63. The molecule has 0 atom stereocenters. The molecule has 8 nitrogen and oxygen atoms in total. The molecular weight excluding hydrogens is 374 g/mol. The lowest BCUT2D eigenvalue weighted by Crippen LogP contribution is -2.16. The van der Waals surface area contributed by atoms with Crippen molar-refractivity contribution in [3.8, 4) is 17.1 Å². The maximum Gasteiger partial charge on any atom is 0.276 e. The molecule has 0 spiro atoms. The van der Waals surface area contributed by atoms with Gasteiger partial charge in [-0.3, -0.25) is 19.7 Å². The standard InChI is InChI=1S/C19H17N7OS/c1-2-5-16-17(14-6-3-4-7-23-14)24-19(28-16)25-18(27)15-10-22-12-26(15)13-8-20-11-21-9-13/h3-4,6-12H,2,5H2,1H3,(H,24,25,27). The van der Waals surface area contributed by atoms with E-state index in [2.05, 4.69) is 37.2 Å². The number of aromatic nitrogens is 6. The minimum atomic E-state index is -0.300. The molecule has 0 unspecified atom stereocenters. The van der Waals surface area contributed by atoms with Gasteiger partial charge in [0.1, 0.15) is 17.7 Å². The number of nitrogens with zero attached hydrogens (tertiary/aromatic N) is 6. The topological polar surface area (TPSA) is 98.5 Å². The zero-order valence-corrected chi connectivity index (χ0v) is 15.9. The number of hydrogen-bond donors (Lipinski definition) is 1. The summed E-state index contributed by atoms with van der Waals surface area (Å²) in [7, 11) is 0. The van der Waals surface area contributed by atoms with Crippen molar-refractivity contribution in [3.05, 3.63) is 66.2 Å². The highest BCUT2D eigenvalue weighted by Crippen LogP contribution is 2.31. The Labute approximate surface area is 165 Å². The Morgan fingerprint density at radius 3 is 2.79 bits per heavy atom. The molecule has 4 heterocycles. The zero-order chi connectivity index (χ0) is 19.3. The minimum absolute atomic E-state index is 0.300. The highest BCUT2D eigenvalue weighted by atomic mass is 32.1. The van der Waals surface area contributed by atoms with E-state index in [0.717, 1.165) is 29.1 Å². The first-order valence-corrected chi connectivity index (χ1v) is 9.58. The van der Waals surface area contributed by atoms with Crippen LogP contribution in [0.5, 0.6) is 0 Å². The quantitative estimate of drug-likeness (QED) is 0.541. The summed E-state index contributed by atoms with van der Waals surface area (Å²) in [5.74, 6) is -0.300. The molecule has 28 heavy (non-hydrogen) atoms. The third-order valence-electron chi connectivity index (χ3n) is 4.00. The molecule has 4 aromatic heterocycles. The monoisotopic (exact) mass is 391 g/mol. The summed E-state index contributed by atoms with van der Waals surface area (Å²) in [4.78, 5) is 35.0. The van der Waals surface area contributed by atoms with Crippen LogP contribution < -0.4 is 5.32 Å². The van der Waals surface area contributed by atoms with Crippen molar-refractivity contribution >= 4 is 22.4 Å². The Bertz CT molecular complexity index is 1080. The highest BCUT2D eigenvalue weighted by Gasteiger charge is 2.18. The first-order chi connectivity index (χ1) is 13.8. The number of thiazole rings is 1. The lowest BCUT2D eigenvalue weighted by Gasteiger charge is -2.06. The van der Waals surface area contributed by atoms with Crippen LogP contribution in [0, 0.1) is 0 Å². The second-order valence-electron chi connectivity index (χ2n) is 5.96. The highest BCUT2D eigenvalue weighted by molar-refractivity contribution is 7.16. The van der Waals surface area contributed by atoms with Gasteiger partial charge in [-0.25, -0.2) is 19.9 Å². The largest absolute Gasteiger partial charge is 0.296 e. The number of amides is 1. The minimum Gasteiger partial charge on any atom is -0.296 e. The van der Waals surface area contributed by atoms with Crippen molar-refractivity contribution in [2.24, 2.45) is 0 Å². The van der Waals surface area contributed by atoms with Crippen molar-refractivity contribution in [3.63, 3.8) is 0 Å². The predicted octanol–water partition coefficient (Wildman–Crippen LogP) is 3.39. The van der Waals surface area contributed by atoms with Gasteiger partial charge >= 0.3 is 0 Å². The number of carbonyl (C=O) groups excluding carboxylic acids is 1. The summed E-state index contributed by atoms with van der Waals surface area (Å²) >= 11 is 1.47. The van der Waals surface area contributed by atoms with Gasteiger partial charge in [0.25, 0.3) is 5.91 Å². The van der Waals surface area contributed by atoms with Crippen molar-refractivity contribution < 1.29 is 4.79 Å². The summed E-state index contributed by atoms with van der Waals surface area (Å²) in [6.07, 6.45) is 11.3. The average molecular weight is 391 g/mol. The third kappa shape index (κ3) is 3.65. The SMILES string of the molecule is CCCc1sc(NC(=O)c2cncn2-c2cncnc2)nc1-c1ccccn1. The van der Waals surface area contributed by atoms with E-state index in [-0.39, 0.29) is 5.91 Å². The van der Waals surface area contributed by atoms with Crippen LogP contribution in [0.2, 0.25) is 0 Å². The molecule has 0 aliphatic rings. The fourth-order valence-corrected chi connectivity index (χ4v) is 3.82. The molecule has 1 N–H and O–H groups in total. The van der Waals surface area contributed by atoms with E-state index < -0.39 is 0 Å². The van der Waals surface area contributed by atoms with Gasteiger partial charge in [-0.15, -0.1) is 11.3 Å². The number of rotatable bonds is 6. The fraction of sp³-hybridized carbons (Fsp3) is 0.158. The maximum atomic E-state index is 12.8. The van der Waals surface area contributed by atoms with Gasteiger partial charge in [0.15, 0.2) is 5.13 Å². The Kier molecular flexibility index (Phi) is 5.16. The molecule has 4 aromatic rings. The molecule has 0 aliphatic heterocycles.